The minimum atomic E-state index is -0.995. The summed E-state index contributed by atoms with van der Waals surface area (Å²) in [4.78, 5) is 22.0. The molecule has 0 unspecified atom stereocenters. The van der Waals surface area contributed by atoms with Crippen LogP contribution in [0.5, 0.6) is 0 Å². The quantitative estimate of drug-likeness (QED) is 0.565. The molecular formula is C21H16Cl2O4. The fourth-order valence-electron chi connectivity index (χ4n) is 2.03. The molecule has 0 amide bonds. The first-order valence-corrected chi connectivity index (χ1v) is 8.67. The molecule has 0 aliphatic heterocycles. The van der Waals surface area contributed by atoms with E-state index in [2.05, 4.69) is 0 Å². The Balaban J connectivity index is 0.000000223. The third-order valence-electron chi connectivity index (χ3n) is 3.40. The number of carboxylic acids is 1. The number of carbonyl (C=O) groups is 2. The fraction of sp³-hybridized carbons (Fsp3) is 0.0476. The SMILES string of the molecule is O=C(O)c1ccccc1Cl.O=C(OCc1ccccc1)c1ccc(Cl)cc1. The summed E-state index contributed by atoms with van der Waals surface area (Å²) in [5.41, 5.74) is 1.62. The smallest absolute Gasteiger partial charge is 0.338 e. The summed E-state index contributed by atoms with van der Waals surface area (Å²) in [5, 5.41) is 9.36. The molecule has 3 rings (SSSR count). The fourth-order valence-corrected chi connectivity index (χ4v) is 2.37. The second-order valence-electron chi connectivity index (χ2n) is 5.35. The number of ether oxygens (including phenoxy) is 1. The molecule has 0 saturated carbocycles. The third-order valence-corrected chi connectivity index (χ3v) is 3.98. The number of halogens is 2. The predicted molar refractivity (Wildman–Crippen MR) is 105 cm³/mol. The summed E-state index contributed by atoms with van der Waals surface area (Å²) < 4.78 is 5.17. The molecule has 0 aromatic heterocycles. The van der Waals surface area contributed by atoms with Crippen LogP contribution in [0.2, 0.25) is 10.0 Å². The van der Waals surface area contributed by atoms with E-state index in [1.165, 1.54) is 6.07 Å². The minimum Gasteiger partial charge on any atom is -0.478 e. The Morgan fingerprint density at radius 3 is 1.96 bits per heavy atom. The molecule has 0 radical (unpaired) electrons. The van der Waals surface area contributed by atoms with Crippen LogP contribution in [0.15, 0.2) is 78.9 Å². The van der Waals surface area contributed by atoms with Gasteiger partial charge in [0.2, 0.25) is 0 Å². The number of hydrogen-bond acceptors (Lipinski definition) is 3. The highest BCUT2D eigenvalue weighted by Gasteiger charge is 2.06. The van der Waals surface area contributed by atoms with Gasteiger partial charge in [0, 0.05) is 5.02 Å². The molecule has 0 aliphatic carbocycles. The van der Waals surface area contributed by atoms with Crippen molar-refractivity contribution in [3.8, 4) is 0 Å². The maximum atomic E-state index is 11.7. The second kappa shape index (κ2) is 10.4. The number of esters is 1. The van der Waals surface area contributed by atoms with E-state index >= 15 is 0 Å². The van der Waals surface area contributed by atoms with Crippen molar-refractivity contribution in [2.24, 2.45) is 0 Å². The van der Waals surface area contributed by atoms with Gasteiger partial charge in [-0.15, -0.1) is 0 Å². The van der Waals surface area contributed by atoms with Gasteiger partial charge in [-0.1, -0.05) is 65.7 Å². The molecule has 0 bridgehead atoms. The van der Waals surface area contributed by atoms with E-state index in [1.54, 1.807) is 42.5 Å². The molecule has 0 atom stereocenters. The topological polar surface area (TPSA) is 63.6 Å². The van der Waals surface area contributed by atoms with Crippen molar-refractivity contribution >= 4 is 35.1 Å². The molecule has 0 spiro atoms. The summed E-state index contributed by atoms with van der Waals surface area (Å²) in [6.45, 7) is 0.280. The molecule has 3 aromatic rings. The maximum Gasteiger partial charge on any atom is 0.338 e. The Hall–Kier alpha value is -2.82. The Kier molecular flexibility index (Phi) is 7.86. The van der Waals surface area contributed by atoms with E-state index < -0.39 is 5.97 Å². The number of aromatic carboxylic acids is 1. The van der Waals surface area contributed by atoms with Crippen LogP contribution in [0.1, 0.15) is 26.3 Å². The molecule has 0 saturated heterocycles. The third kappa shape index (κ3) is 6.77. The van der Waals surface area contributed by atoms with Crippen molar-refractivity contribution in [3.63, 3.8) is 0 Å². The van der Waals surface area contributed by atoms with Gasteiger partial charge in [0.25, 0.3) is 0 Å². The largest absolute Gasteiger partial charge is 0.478 e. The molecule has 0 heterocycles. The average Bonchev–Trinajstić information content (AvgIpc) is 2.68. The van der Waals surface area contributed by atoms with Gasteiger partial charge in [-0.05, 0) is 42.0 Å². The van der Waals surface area contributed by atoms with Crippen LogP contribution < -0.4 is 0 Å². The van der Waals surface area contributed by atoms with Crippen molar-refractivity contribution in [1.82, 2.24) is 0 Å². The Morgan fingerprint density at radius 1 is 0.815 bits per heavy atom. The van der Waals surface area contributed by atoms with Crippen LogP contribution >= 0.6 is 23.2 Å². The number of carbonyl (C=O) groups excluding carboxylic acids is 1. The second-order valence-corrected chi connectivity index (χ2v) is 6.20. The van der Waals surface area contributed by atoms with E-state index in [9.17, 15) is 9.59 Å². The summed E-state index contributed by atoms with van der Waals surface area (Å²) in [6.07, 6.45) is 0. The summed E-state index contributed by atoms with van der Waals surface area (Å²) in [7, 11) is 0. The highest BCUT2D eigenvalue weighted by atomic mass is 35.5. The van der Waals surface area contributed by atoms with Crippen LogP contribution in [-0.4, -0.2) is 17.0 Å². The van der Waals surface area contributed by atoms with Gasteiger partial charge in [-0.25, -0.2) is 9.59 Å². The van der Waals surface area contributed by atoms with Crippen LogP contribution in [0.25, 0.3) is 0 Å². The molecule has 3 aromatic carbocycles. The van der Waals surface area contributed by atoms with E-state index in [0.29, 0.717) is 10.6 Å². The van der Waals surface area contributed by atoms with Crippen LogP contribution in [0.3, 0.4) is 0 Å². The molecule has 138 valence electrons. The zero-order chi connectivity index (χ0) is 19.6. The molecule has 0 aliphatic rings. The number of rotatable bonds is 4. The van der Waals surface area contributed by atoms with Gasteiger partial charge in [0.05, 0.1) is 16.1 Å². The molecule has 27 heavy (non-hydrogen) atoms. The monoisotopic (exact) mass is 402 g/mol. The summed E-state index contributed by atoms with van der Waals surface area (Å²) >= 11 is 11.3. The zero-order valence-corrected chi connectivity index (χ0v) is 15.7. The van der Waals surface area contributed by atoms with Crippen molar-refractivity contribution in [2.75, 3.05) is 0 Å². The lowest BCUT2D eigenvalue weighted by molar-refractivity contribution is 0.0472. The first-order valence-electron chi connectivity index (χ1n) is 7.92. The number of hydrogen-bond donors (Lipinski definition) is 1. The lowest BCUT2D eigenvalue weighted by atomic mass is 10.2. The van der Waals surface area contributed by atoms with Crippen molar-refractivity contribution in [2.45, 2.75) is 6.61 Å². The molecular weight excluding hydrogens is 387 g/mol. The summed E-state index contributed by atoms with van der Waals surface area (Å²) in [5.74, 6) is -1.34. The van der Waals surface area contributed by atoms with Crippen molar-refractivity contribution in [1.29, 1.82) is 0 Å². The highest BCUT2D eigenvalue weighted by molar-refractivity contribution is 6.33. The number of benzene rings is 3. The molecule has 6 heteroatoms. The summed E-state index contributed by atoms with van der Waals surface area (Å²) in [6, 6.07) is 22.5. The normalized spacial score (nSPS) is 9.70. The lowest BCUT2D eigenvalue weighted by Crippen LogP contribution is -2.04. The van der Waals surface area contributed by atoms with Gasteiger partial charge in [0.1, 0.15) is 6.61 Å². The Morgan fingerprint density at radius 2 is 1.41 bits per heavy atom. The Bertz CT molecular complexity index is 894. The van der Waals surface area contributed by atoms with Gasteiger partial charge in [-0.3, -0.25) is 0 Å². The van der Waals surface area contributed by atoms with E-state index in [-0.39, 0.29) is 23.2 Å². The van der Waals surface area contributed by atoms with E-state index in [4.69, 9.17) is 33.0 Å². The van der Waals surface area contributed by atoms with Gasteiger partial charge in [0.15, 0.2) is 0 Å². The molecule has 4 nitrogen and oxygen atoms in total. The predicted octanol–water partition coefficient (Wildman–Crippen LogP) is 5.74. The van der Waals surface area contributed by atoms with Crippen molar-refractivity contribution in [3.05, 3.63) is 106 Å². The minimum absolute atomic E-state index is 0.143. The first-order chi connectivity index (χ1) is 13.0. The van der Waals surface area contributed by atoms with Crippen LogP contribution in [-0.2, 0) is 11.3 Å². The highest BCUT2D eigenvalue weighted by Crippen LogP contribution is 2.14. The van der Waals surface area contributed by atoms with Gasteiger partial charge < -0.3 is 9.84 Å². The molecule has 0 fully saturated rings. The zero-order valence-electron chi connectivity index (χ0n) is 14.1. The number of carboxylic acid groups (broad SMARTS) is 1. The van der Waals surface area contributed by atoms with Gasteiger partial charge >= 0.3 is 11.9 Å². The van der Waals surface area contributed by atoms with E-state index in [0.717, 1.165) is 5.56 Å². The van der Waals surface area contributed by atoms with Crippen LogP contribution in [0.4, 0.5) is 0 Å². The first kappa shape index (κ1) is 20.5. The van der Waals surface area contributed by atoms with Gasteiger partial charge in [-0.2, -0.15) is 0 Å². The van der Waals surface area contributed by atoms with E-state index in [1.807, 2.05) is 30.3 Å². The standard InChI is InChI=1S/C14H11ClO2.C7H5ClO2/c15-13-8-6-12(7-9-13)14(16)17-10-11-4-2-1-3-5-11;8-6-4-2-1-3-5(6)7(9)10/h1-9H,10H2;1-4H,(H,9,10). The Labute approximate surface area is 166 Å². The average molecular weight is 403 g/mol. The molecule has 1 N–H and O–H groups in total. The maximum absolute atomic E-state index is 11.7. The lowest BCUT2D eigenvalue weighted by Gasteiger charge is -2.04. The van der Waals surface area contributed by atoms with Crippen LogP contribution in [0, 0.1) is 0 Å². The van der Waals surface area contributed by atoms with Crippen molar-refractivity contribution < 1.29 is 19.4 Å².